The first-order valence-electron chi connectivity index (χ1n) is 5.56. The Bertz CT molecular complexity index is 380. The van der Waals surface area contributed by atoms with E-state index >= 15 is 0 Å². The first kappa shape index (κ1) is 14.4. The average molecular weight is 258 g/mol. The number of rotatable bonds is 6. The maximum Gasteiger partial charge on any atom is 0.387 e. The number of nitrogens with one attached hydrogen (secondary N) is 1. The van der Waals surface area contributed by atoms with Gasteiger partial charge in [-0.15, -0.1) is 0 Å². The summed E-state index contributed by atoms with van der Waals surface area (Å²) >= 11 is 0. The van der Waals surface area contributed by atoms with Gasteiger partial charge in [0.2, 0.25) is 5.91 Å². The molecule has 0 bridgehead atoms. The van der Waals surface area contributed by atoms with E-state index in [0.29, 0.717) is 13.0 Å². The second-order valence-electron chi connectivity index (χ2n) is 3.85. The number of nitrogens with two attached hydrogens (primary N) is 1. The van der Waals surface area contributed by atoms with Crippen LogP contribution in [-0.2, 0) is 11.2 Å². The van der Waals surface area contributed by atoms with Crippen molar-refractivity contribution in [3.8, 4) is 5.75 Å². The van der Waals surface area contributed by atoms with Gasteiger partial charge in [-0.25, -0.2) is 0 Å². The monoisotopic (exact) mass is 258 g/mol. The third-order valence-electron chi connectivity index (χ3n) is 2.27. The number of ether oxygens (including phenoxy) is 1. The highest BCUT2D eigenvalue weighted by Crippen LogP contribution is 2.14. The van der Waals surface area contributed by atoms with Crippen LogP contribution in [-0.4, -0.2) is 25.1 Å². The minimum Gasteiger partial charge on any atom is -0.435 e. The second kappa shape index (κ2) is 6.90. The molecule has 1 aromatic carbocycles. The van der Waals surface area contributed by atoms with Crippen molar-refractivity contribution in [3.05, 3.63) is 29.8 Å². The normalized spacial score (nSPS) is 12.3. The van der Waals surface area contributed by atoms with Gasteiger partial charge in [0.05, 0.1) is 6.04 Å². The molecule has 0 radical (unpaired) electrons. The van der Waals surface area contributed by atoms with Gasteiger partial charge in [0.25, 0.3) is 0 Å². The van der Waals surface area contributed by atoms with Crippen LogP contribution in [0.25, 0.3) is 0 Å². The summed E-state index contributed by atoms with van der Waals surface area (Å²) in [6.07, 6.45) is 0.605. The summed E-state index contributed by atoms with van der Waals surface area (Å²) in [6, 6.07) is 5.75. The second-order valence-corrected chi connectivity index (χ2v) is 3.85. The van der Waals surface area contributed by atoms with Gasteiger partial charge in [-0.1, -0.05) is 12.1 Å². The van der Waals surface area contributed by atoms with Crippen molar-refractivity contribution >= 4 is 5.91 Å². The van der Waals surface area contributed by atoms with E-state index in [9.17, 15) is 13.6 Å². The zero-order valence-corrected chi connectivity index (χ0v) is 10.0. The molecule has 0 aliphatic carbocycles. The molecule has 1 amide bonds. The Balaban J connectivity index is 2.37. The van der Waals surface area contributed by atoms with Crippen molar-refractivity contribution < 1.29 is 18.3 Å². The maximum atomic E-state index is 11.9. The molecule has 0 aliphatic heterocycles. The molecule has 4 nitrogen and oxygen atoms in total. The van der Waals surface area contributed by atoms with Crippen molar-refractivity contribution in [1.29, 1.82) is 0 Å². The molecule has 1 rings (SSSR count). The molecule has 1 atom stereocenters. The molecule has 3 N–H and O–H groups in total. The number of amides is 1. The third-order valence-corrected chi connectivity index (χ3v) is 2.27. The standard InChI is InChI=1S/C12H16F2N2O2/c1-8(15)11(17)16-7-6-9-2-4-10(5-3-9)18-12(13)14/h2-5,8,12H,6-7,15H2,1H3,(H,16,17)/t8-/m0/s1. The van der Waals surface area contributed by atoms with Crippen molar-refractivity contribution in [1.82, 2.24) is 5.32 Å². The van der Waals surface area contributed by atoms with Crippen molar-refractivity contribution in [3.63, 3.8) is 0 Å². The Labute approximate surface area is 104 Å². The van der Waals surface area contributed by atoms with E-state index in [1.54, 1.807) is 19.1 Å². The van der Waals surface area contributed by atoms with E-state index < -0.39 is 12.7 Å². The lowest BCUT2D eigenvalue weighted by molar-refractivity contribution is -0.121. The van der Waals surface area contributed by atoms with Crippen molar-refractivity contribution in [2.24, 2.45) is 5.73 Å². The molecule has 0 unspecified atom stereocenters. The van der Waals surface area contributed by atoms with Crippen LogP contribution in [0.2, 0.25) is 0 Å². The molecule has 0 saturated carbocycles. The molecule has 0 spiro atoms. The summed E-state index contributed by atoms with van der Waals surface area (Å²) in [5.74, 6) is -0.0963. The lowest BCUT2D eigenvalue weighted by Gasteiger charge is -2.08. The molecule has 0 saturated heterocycles. The molecular weight excluding hydrogens is 242 g/mol. The van der Waals surface area contributed by atoms with Crippen LogP contribution < -0.4 is 15.8 Å². The molecule has 18 heavy (non-hydrogen) atoms. The van der Waals surface area contributed by atoms with Gasteiger partial charge in [0.1, 0.15) is 5.75 Å². The smallest absolute Gasteiger partial charge is 0.387 e. The average Bonchev–Trinajstić information content (AvgIpc) is 2.30. The van der Waals surface area contributed by atoms with Gasteiger partial charge in [-0.05, 0) is 31.0 Å². The van der Waals surface area contributed by atoms with Gasteiger partial charge in [-0.2, -0.15) is 8.78 Å². The van der Waals surface area contributed by atoms with Gasteiger partial charge < -0.3 is 15.8 Å². The third kappa shape index (κ3) is 5.09. The zero-order chi connectivity index (χ0) is 13.5. The van der Waals surface area contributed by atoms with Crippen LogP contribution >= 0.6 is 0 Å². The highest BCUT2D eigenvalue weighted by Gasteiger charge is 2.06. The van der Waals surface area contributed by atoms with Crippen molar-refractivity contribution in [2.75, 3.05) is 6.54 Å². The van der Waals surface area contributed by atoms with Gasteiger partial charge >= 0.3 is 6.61 Å². The Morgan fingerprint density at radius 2 is 2.00 bits per heavy atom. The predicted octanol–water partition coefficient (Wildman–Crippen LogP) is 1.29. The summed E-state index contributed by atoms with van der Waals surface area (Å²) in [6.45, 7) is -0.762. The lowest BCUT2D eigenvalue weighted by Crippen LogP contribution is -2.39. The number of benzene rings is 1. The van der Waals surface area contributed by atoms with Gasteiger partial charge in [0.15, 0.2) is 0 Å². The number of halogens is 2. The molecule has 0 fully saturated rings. The predicted molar refractivity (Wildman–Crippen MR) is 63.4 cm³/mol. The number of hydrogen-bond donors (Lipinski definition) is 2. The quantitative estimate of drug-likeness (QED) is 0.808. The summed E-state index contributed by atoms with van der Waals surface area (Å²) < 4.78 is 28.0. The first-order valence-corrected chi connectivity index (χ1v) is 5.56. The maximum absolute atomic E-state index is 11.9. The Hall–Kier alpha value is -1.69. The highest BCUT2D eigenvalue weighted by atomic mass is 19.3. The van der Waals surface area contributed by atoms with Gasteiger partial charge in [0, 0.05) is 6.54 Å². The Morgan fingerprint density at radius 3 is 2.50 bits per heavy atom. The SMILES string of the molecule is C[C@H](N)C(=O)NCCc1ccc(OC(F)F)cc1. The minimum absolute atomic E-state index is 0.119. The fourth-order valence-electron chi connectivity index (χ4n) is 1.33. The summed E-state index contributed by atoms with van der Waals surface area (Å²) in [4.78, 5) is 11.2. The van der Waals surface area contributed by atoms with Gasteiger partial charge in [-0.3, -0.25) is 4.79 Å². The molecule has 0 aliphatic rings. The number of carbonyl (C=O) groups is 1. The Kier molecular flexibility index (Phi) is 5.51. The van der Waals surface area contributed by atoms with Crippen LogP contribution in [0.5, 0.6) is 5.75 Å². The molecule has 6 heteroatoms. The summed E-state index contributed by atoms with van der Waals surface area (Å²) in [5, 5.41) is 2.66. The van der Waals surface area contributed by atoms with E-state index in [4.69, 9.17) is 5.73 Å². The van der Waals surface area contributed by atoms with E-state index in [1.807, 2.05) is 0 Å². The van der Waals surface area contributed by atoms with E-state index in [0.717, 1.165) is 5.56 Å². The molecule has 100 valence electrons. The van der Waals surface area contributed by atoms with E-state index in [1.165, 1.54) is 12.1 Å². The highest BCUT2D eigenvalue weighted by molar-refractivity contribution is 5.80. The molecule has 1 aromatic rings. The fourth-order valence-corrected chi connectivity index (χ4v) is 1.33. The van der Waals surface area contributed by atoms with E-state index in [-0.39, 0.29) is 11.7 Å². The Morgan fingerprint density at radius 1 is 1.39 bits per heavy atom. The van der Waals surface area contributed by atoms with E-state index in [2.05, 4.69) is 10.1 Å². The molecule has 0 aromatic heterocycles. The fraction of sp³-hybridized carbons (Fsp3) is 0.417. The zero-order valence-electron chi connectivity index (χ0n) is 10.0. The summed E-state index contributed by atoms with van der Waals surface area (Å²) in [5.41, 5.74) is 6.30. The van der Waals surface area contributed by atoms with Crippen LogP contribution in [0.4, 0.5) is 8.78 Å². The number of carbonyl (C=O) groups excluding carboxylic acids is 1. The van der Waals surface area contributed by atoms with Crippen LogP contribution in [0.15, 0.2) is 24.3 Å². The number of alkyl halides is 2. The summed E-state index contributed by atoms with van der Waals surface area (Å²) in [7, 11) is 0. The molecule has 0 heterocycles. The van der Waals surface area contributed by atoms with Crippen LogP contribution in [0.1, 0.15) is 12.5 Å². The lowest BCUT2D eigenvalue weighted by atomic mass is 10.1. The minimum atomic E-state index is -2.82. The topological polar surface area (TPSA) is 64.4 Å². The van der Waals surface area contributed by atoms with Crippen molar-refractivity contribution in [2.45, 2.75) is 26.0 Å². The first-order chi connectivity index (χ1) is 8.49. The van der Waals surface area contributed by atoms with Crippen LogP contribution in [0, 0.1) is 0 Å². The molecular formula is C12H16F2N2O2. The van der Waals surface area contributed by atoms with Crippen LogP contribution in [0.3, 0.4) is 0 Å². The number of hydrogen-bond acceptors (Lipinski definition) is 3. The largest absolute Gasteiger partial charge is 0.435 e.